The summed E-state index contributed by atoms with van der Waals surface area (Å²) < 4.78 is 11.2. The molecule has 0 saturated carbocycles. The van der Waals surface area contributed by atoms with E-state index in [1.54, 1.807) is 6.08 Å². The van der Waals surface area contributed by atoms with Crippen molar-refractivity contribution in [2.75, 3.05) is 13.2 Å². The fourth-order valence-corrected chi connectivity index (χ4v) is 8.25. The van der Waals surface area contributed by atoms with E-state index in [0.717, 1.165) is 64.2 Å². The lowest BCUT2D eigenvalue weighted by molar-refractivity contribution is -0.302. The highest BCUT2D eigenvalue weighted by atomic mass is 16.7. The van der Waals surface area contributed by atoms with Crippen LogP contribution in [0.25, 0.3) is 0 Å². The third kappa shape index (κ3) is 32.7. The molecule has 8 atom stereocenters. The standard InChI is InChI=1S/C53H99NO9/c1-3-5-7-9-11-13-15-17-19-21-22-23-24-25-26-28-30-32-34-36-38-40-42-47(57)52(61)54-45(44-62-53-51(60)50(59)49(58)48(43-55)63-53)46(56)41-39-37-35-33-31-29-27-20-18-16-14-12-10-8-6-4-2/h22-23,25-26,39,41,45-51,53,55-60H,3-21,24,27-38,40,42-44H2,1-2H3,(H,54,61)/b23-22-,26-25-,41-39+. The van der Waals surface area contributed by atoms with E-state index in [2.05, 4.69) is 43.5 Å². The number of carbonyl (C=O) groups is 1. The molecule has 1 saturated heterocycles. The van der Waals surface area contributed by atoms with E-state index < -0.39 is 61.5 Å². The molecule has 370 valence electrons. The number of hydrogen-bond donors (Lipinski definition) is 7. The van der Waals surface area contributed by atoms with Crippen molar-refractivity contribution in [1.29, 1.82) is 0 Å². The average molecular weight is 894 g/mol. The van der Waals surface area contributed by atoms with E-state index in [9.17, 15) is 35.4 Å². The number of rotatable bonds is 44. The summed E-state index contributed by atoms with van der Waals surface area (Å²) in [6.07, 6.45) is 43.7. The van der Waals surface area contributed by atoms with Gasteiger partial charge in [-0.05, 0) is 51.4 Å². The van der Waals surface area contributed by atoms with Crippen LogP contribution in [-0.4, -0.2) is 98.7 Å². The Morgan fingerprint density at radius 2 is 0.968 bits per heavy atom. The van der Waals surface area contributed by atoms with Gasteiger partial charge in [-0.15, -0.1) is 0 Å². The third-order valence-corrected chi connectivity index (χ3v) is 12.6. The van der Waals surface area contributed by atoms with Gasteiger partial charge in [-0.1, -0.05) is 217 Å². The molecule has 0 bridgehead atoms. The highest BCUT2D eigenvalue weighted by Crippen LogP contribution is 2.23. The van der Waals surface area contributed by atoms with Gasteiger partial charge in [-0.25, -0.2) is 0 Å². The monoisotopic (exact) mass is 894 g/mol. The van der Waals surface area contributed by atoms with E-state index in [1.165, 1.54) is 141 Å². The molecule has 1 rings (SSSR count). The molecule has 0 aromatic rings. The van der Waals surface area contributed by atoms with Crippen LogP contribution in [0.3, 0.4) is 0 Å². The van der Waals surface area contributed by atoms with Crippen LogP contribution in [0.5, 0.6) is 0 Å². The second kappa shape index (κ2) is 43.0. The van der Waals surface area contributed by atoms with Gasteiger partial charge in [0.1, 0.15) is 30.5 Å². The summed E-state index contributed by atoms with van der Waals surface area (Å²) in [6, 6.07) is -0.985. The molecule has 1 fully saturated rings. The van der Waals surface area contributed by atoms with Gasteiger partial charge in [0.05, 0.1) is 25.4 Å². The van der Waals surface area contributed by atoms with Crippen molar-refractivity contribution in [3.8, 4) is 0 Å². The maximum atomic E-state index is 13.1. The van der Waals surface area contributed by atoms with Crippen molar-refractivity contribution >= 4 is 5.91 Å². The SMILES string of the molecule is CCCCCCCCCCC/C=C\C/C=C\CCCCCCCCC(O)C(=O)NC(COC1OC(CO)C(O)C(O)C1O)C(O)/C=C/CCCCCCCCCCCCCCCC. The smallest absolute Gasteiger partial charge is 0.249 e. The summed E-state index contributed by atoms with van der Waals surface area (Å²) >= 11 is 0. The molecule has 8 unspecified atom stereocenters. The van der Waals surface area contributed by atoms with Gasteiger partial charge in [0.25, 0.3) is 0 Å². The molecular weight excluding hydrogens is 795 g/mol. The molecular formula is C53H99NO9. The lowest BCUT2D eigenvalue weighted by atomic mass is 9.99. The molecule has 63 heavy (non-hydrogen) atoms. The minimum absolute atomic E-state index is 0.298. The minimum atomic E-state index is -1.61. The Morgan fingerprint density at radius 1 is 0.556 bits per heavy atom. The molecule has 0 aliphatic carbocycles. The van der Waals surface area contributed by atoms with Crippen LogP contribution in [0.2, 0.25) is 0 Å². The Bertz CT molecular complexity index is 1100. The summed E-state index contributed by atoms with van der Waals surface area (Å²) in [7, 11) is 0. The van der Waals surface area contributed by atoms with Crippen LogP contribution < -0.4 is 5.32 Å². The Labute approximate surface area is 385 Å². The second-order valence-corrected chi connectivity index (χ2v) is 18.5. The number of amides is 1. The van der Waals surface area contributed by atoms with Crippen LogP contribution in [0.15, 0.2) is 36.5 Å². The molecule has 0 aromatic heterocycles. The van der Waals surface area contributed by atoms with E-state index in [-0.39, 0.29) is 6.61 Å². The van der Waals surface area contributed by atoms with E-state index in [0.29, 0.717) is 12.8 Å². The average Bonchev–Trinajstić information content (AvgIpc) is 3.28. The summed E-state index contributed by atoms with van der Waals surface area (Å²) in [6.45, 7) is 3.62. The number of hydrogen-bond acceptors (Lipinski definition) is 9. The number of unbranched alkanes of at least 4 members (excludes halogenated alkanes) is 29. The summed E-state index contributed by atoms with van der Waals surface area (Å²) in [5.74, 6) is -0.623. The Hall–Kier alpha value is -1.63. The molecule has 0 spiro atoms. The summed E-state index contributed by atoms with van der Waals surface area (Å²) in [5, 5.41) is 64.9. The third-order valence-electron chi connectivity index (χ3n) is 12.6. The zero-order valence-electron chi connectivity index (χ0n) is 40.4. The van der Waals surface area contributed by atoms with Gasteiger partial charge in [-0.2, -0.15) is 0 Å². The Morgan fingerprint density at radius 3 is 1.41 bits per heavy atom. The molecule has 1 aliphatic heterocycles. The van der Waals surface area contributed by atoms with Crippen LogP contribution in [0, 0.1) is 0 Å². The molecule has 7 N–H and O–H groups in total. The Balaban J connectivity index is 2.34. The first-order valence-electron chi connectivity index (χ1n) is 26.3. The van der Waals surface area contributed by atoms with Crippen LogP contribution >= 0.6 is 0 Å². The van der Waals surface area contributed by atoms with Crippen LogP contribution in [0.1, 0.15) is 232 Å². The van der Waals surface area contributed by atoms with Crippen LogP contribution in [-0.2, 0) is 14.3 Å². The van der Waals surface area contributed by atoms with Crippen molar-refractivity contribution in [1.82, 2.24) is 5.32 Å². The fourth-order valence-electron chi connectivity index (χ4n) is 8.25. The van der Waals surface area contributed by atoms with Crippen molar-refractivity contribution in [3.05, 3.63) is 36.5 Å². The predicted molar refractivity (Wildman–Crippen MR) is 259 cm³/mol. The molecule has 1 heterocycles. The number of carbonyl (C=O) groups excluding carboxylic acids is 1. The minimum Gasteiger partial charge on any atom is -0.394 e. The summed E-state index contributed by atoms with van der Waals surface area (Å²) in [5.41, 5.74) is 0. The van der Waals surface area contributed by atoms with Crippen molar-refractivity contribution in [2.24, 2.45) is 0 Å². The lowest BCUT2D eigenvalue weighted by Gasteiger charge is -2.40. The quantitative estimate of drug-likeness (QED) is 0.0232. The highest BCUT2D eigenvalue weighted by Gasteiger charge is 2.44. The second-order valence-electron chi connectivity index (χ2n) is 18.5. The molecule has 10 heteroatoms. The fraction of sp³-hybridized carbons (Fsp3) is 0.868. The lowest BCUT2D eigenvalue weighted by Crippen LogP contribution is -2.60. The maximum Gasteiger partial charge on any atom is 0.249 e. The van der Waals surface area contributed by atoms with E-state index in [1.807, 2.05) is 6.08 Å². The topological polar surface area (TPSA) is 169 Å². The van der Waals surface area contributed by atoms with Gasteiger partial charge in [-0.3, -0.25) is 4.79 Å². The number of aliphatic hydroxyl groups excluding tert-OH is 6. The number of aliphatic hydroxyl groups is 6. The largest absolute Gasteiger partial charge is 0.394 e. The van der Waals surface area contributed by atoms with Crippen molar-refractivity contribution in [3.63, 3.8) is 0 Å². The molecule has 10 nitrogen and oxygen atoms in total. The zero-order valence-corrected chi connectivity index (χ0v) is 40.4. The number of ether oxygens (including phenoxy) is 2. The van der Waals surface area contributed by atoms with Gasteiger partial charge < -0.3 is 45.4 Å². The first-order chi connectivity index (χ1) is 30.8. The van der Waals surface area contributed by atoms with Gasteiger partial charge >= 0.3 is 0 Å². The molecule has 1 aliphatic rings. The zero-order chi connectivity index (χ0) is 46.0. The Kier molecular flexibility index (Phi) is 40.5. The van der Waals surface area contributed by atoms with Gasteiger partial charge in [0, 0.05) is 0 Å². The first kappa shape index (κ1) is 59.4. The highest BCUT2D eigenvalue weighted by molar-refractivity contribution is 5.80. The molecule has 0 radical (unpaired) electrons. The van der Waals surface area contributed by atoms with E-state index in [4.69, 9.17) is 9.47 Å². The van der Waals surface area contributed by atoms with Crippen molar-refractivity contribution < 1.29 is 44.9 Å². The predicted octanol–water partition coefficient (Wildman–Crippen LogP) is 11.0. The maximum absolute atomic E-state index is 13.1. The number of allylic oxidation sites excluding steroid dienone is 5. The van der Waals surface area contributed by atoms with Crippen LogP contribution in [0.4, 0.5) is 0 Å². The van der Waals surface area contributed by atoms with Gasteiger partial charge in [0.2, 0.25) is 5.91 Å². The normalized spacial score (nSPS) is 20.9. The van der Waals surface area contributed by atoms with E-state index >= 15 is 0 Å². The molecule has 0 aromatic carbocycles. The number of nitrogens with one attached hydrogen (secondary N) is 1. The first-order valence-corrected chi connectivity index (χ1v) is 26.3. The molecule has 1 amide bonds. The van der Waals surface area contributed by atoms with Crippen molar-refractivity contribution in [2.45, 2.75) is 281 Å². The van der Waals surface area contributed by atoms with Gasteiger partial charge in [0.15, 0.2) is 6.29 Å². The summed E-state index contributed by atoms with van der Waals surface area (Å²) in [4.78, 5) is 13.1.